The summed E-state index contributed by atoms with van der Waals surface area (Å²) in [6.07, 6.45) is 6.78. The molecule has 1 saturated heterocycles. The molecule has 0 N–H and O–H groups in total. The first-order valence-electron chi connectivity index (χ1n) is 7.07. The number of aromatic nitrogens is 2. The number of rotatable bonds is 4. The molecular weight excluding hydrogens is 270 g/mol. The highest BCUT2D eigenvalue weighted by atomic mass is 16.6. The predicted molar refractivity (Wildman–Crippen MR) is 79.1 cm³/mol. The van der Waals surface area contributed by atoms with Crippen molar-refractivity contribution in [2.75, 3.05) is 6.61 Å². The van der Waals surface area contributed by atoms with Gasteiger partial charge in [0.15, 0.2) is 6.23 Å². The van der Waals surface area contributed by atoms with E-state index in [0.29, 0.717) is 18.4 Å². The zero-order valence-corrected chi connectivity index (χ0v) is 11.7. The molecule has 0 saturated carbocycles. The van der Waals surface area contributed by atoms with Gasteiger partial charge in [0.05, 0.1) is 22.0 Å². The summed E-state index contributed by atoms with van der Waals surface area (Å²) in [5.74, 6) is 0. The molecule has 2 heterocycles. The van der Waals surface area contributed by atoms with Crippen LogP contribution < -0.4 is 0 Å². The molecule has 6 nitrogen and oxygen atoms in total. The Morgan fingerprint density at radius 2 is 2.38 bits per heavy atom. The third kappa shape index (κ3) is 2.54. The molecule has 110 valence electrons. The highest BCUT2D eigenvalue weighted by molar-refractivity contribution is 5.88. The smallest absolute Gasteiger partial charge is 0.280 e. The van der Waals surface area contributed by atoms with E-state index in [1.165, 1.54) is 0 Å². The number of nitro benzene ring substituents is 1. The lowest BCUT2D eigenvalue weighted by molar-refractivity contribution is -0.383. The second-order valence-corrected chi connectivity index (χ2v) is 5.21. The quantitative estimate of drug-likeness (QED) is 0.491. The summed E-state index contributed by atoms with van der Waals surface area (Å²) < 4.78 is 7.51. The molecule has 1 aromatic carbocycles. The lowest BCUT2D eigenvalue weighted by Crippen LogP contribution is -2.19. The minimum atomic E-state index is -0.358. The fourth-order valence-electron chi connectivity index (χ4n) is 2.77. The number of ether oxygens (including phenoxy) is 1. The lowest BCUT2D eigenvalue weighted by Gasteiger charge is -2.23. The van der Waals surface area contributed by atoms with Crippen molar-refractivity contribution in [3.63, 3.8) is 0 Å². The zero-order valence-electron chi connectivity index (χ0n) is 11.7. The summed E-state index contributed by atoms with van der Waals surface area (Å²) in [7, 11) is 0. The Hall–Kier alpha value is -2.21. The van der Waals surface area contributed by atoms with E-state index in [9.17, 15) is 10.1 Å². The molecule has 0 radical (unpaired) electrons. The Bertz CT molecular complexity index is 687. The van der Waals surface area contributed by atoms with Gasteiger partial charge in [-0.1, -0.05) is 6.08 Å². The number of hydrogen-bond acceptors (Lipinski definition) is 4. The van der Waals surface area contributed by atoms with Crippen molar-refractivity contribution in [1.29, 1.82) is 0 Å². The normalized spacial score (nSPS) is 18.8. The molecule has 0 spiro atoms. The van der Waals surface area contributed by atoms with Crippen LogP contribution in [0, 0.1) is 10.1 Å². The van der Waals surface area contributed by atoms with E-state index in [1.807, 2.05) is 6.07 Å². The third-order valence-electron chi connectivity index (χ3n) is 3.76. The van der Waals surface area contributed by atoms with E-state index in [4.69, 9.17) is 4.74 Å². The molecular formula is C15H17N3O3. The molecule has 2 aromatic rings. The van der Waals surface area contributed by atoms with Crippen LogP contribution in [-0.2, 0) is 11.2 Å². The maximum Gasteiger partial charge on any atom is 0.280 e. The fourth-order valence-corrected chi connectivity index (χ4v) is 2.77. The van der Waals surface area contributed by atoms with Crippen molar-refractivity contribution in [3.05, 3.63) is 46.7 Å². The zero-order chi connectivity index (χ0) is 14.8. The van der Waals surface area contributed by atoms with E-state index < -0.39 is 0 Å². The molecule has 6 heteroatoms. The van der Waals surface area contributed by atoms with Gasteiger partial charge >= 0.3 is 0 Å². The van der Waals surface area contributed by atoms with E-state index >= 15 is 0 Å². The minimum absolute atomic E-state index is 0.0893. The number of hydrogen-bond donors (Lipinski definition) is 0. The molecule has 1 aliphatic heterocycles. The first-order chi connectivity index (χ1) is 10.2. The van der Waals surface area contributed by atoms with Crippen molar-refractivity contribution in [2.24, 2.45) is 0 Å². The summed E-state index contributed by atoms with van der Waals surface area (Å²) >= 11 is 0. The largest absolute Gasteiger partial charge is 0.356 e. The van der Waals surface area contributed by atoms with Crippen LogP contribution in [0.3, 0.4) is 0 Å². The Morgan fingerprint density at radius 1 is 1.52 bits per heavy atom. The fraction of sp³-hybridized carbons (Fsp3) is 0.400. The van der Waals surface area contributed by atoms with Gasteiger partial charge in [0.1, 0.15) is 0 Å². The summed E-state index contributed by atoms with van der Waals surface area (Å²) in [5.41, 5.74) is 1.71. The number of nitro groups is 1. The highest BCUT2D eigenvalue weighted by Crippen LogP contribution is 2.32. The first-order valence-corrected chi connectivity index (χ1v) is 7.07. The van der Waals surface area contributed by atoms with Crippen LogP contribution in [0.25, 0.3) is 10.9 Å². The van der Waals surface area contributed by atoms with Gasteiger partial charge < -0.3 is 4.74 Å². The second-order valence-electron chi connectivity index (χ2n) is 5.21. The SMILES string of the molecule is C=CCc1cc([N+](=O)[O-])c2cnn(C3CCCCO3)c2c1. The number of fused-ring (bicyclic) bond motifs is 1. The lowest BCUT2D eigenvalue weighted by atomic mass is 10.1. The predicted octanol–water partition coefficient (Wildman–Crippen LogP) is 3.37. The molecule has 1 fully saturated rings. The topological polar surface area (TPSA) is 70.2 Å². The van der Waals surface area contributed by atoms with Gasteiger partial charge in [0.25, 0.3) is 5.69 Å². The molecule has 0 bridgehead atoms. The molecule has 0 amide bonds. The molecule has 0 aliphatic carbocycles. The van der Waals surface area contributed by atoms with Crippen LogP contribution in [0.1, 0.15) is 31.1 Å². The Morgan fingerprint density at radius 3 is 3.05 bits per heavy atom. The second kappa shape index (κ2) is 5.65. The third-order valence-corrected chi connectivity index (χ3v) is 3.76. The van der Waals surface area contributed by atoms with Gasteiger partial charge in [-0.15, -0.1) is 6.58 Å². The number of nitrogens with zero attached hydrogens (tertiary/aromatic N) is 3. The summed E-state index contributed by atoms with van der Waals surface area (Å²) in [5, 5.41) is 16.2. The Labute approximate surface area is 122 Å². The Balaban J connectivity index is 2.13. The summed E-state index contributed by atoms with van der Waals surface area (Å²) in [4.78, 5) is 10.9. The van der Waals surface area contributed by atoms with Crippen LogP contribution >= 0.6 is 0 Å². The van der Waals surface area contributed by atoms with Gasteiger partial charge in [-0.3, -0.25) is 10.1 Å². The van der Waals surface area contributed by atoms with Gasteiger partial charge in [-0.25, -0.2) is 4.68 Å². The van der Waals surface area contributed by atoms with Crippen molar-refractivity contribution in [3.8, 4) is 0 Å². The van der Waals surface area contributed by atoms with Crippen molar-refractivity contribution in [1.82, 2.24) is 9.78 Å². The number of non-ortho nitro benzene ring substituents is 1. The molecule has 1 unspecified atom stereocenters. The van der Waals surface area contributed by atoms with Crippen molar-refractivity contribution in [2.45, 2.75) is 31.9 Å². The monoisotopic (exact) mass is 287 g/mol. The summed E-state index contributed by atoms with van der Waals surface area (Å²) in [6.45, 7) is 4.40. The van der Waals surface area contributed by atoms with E-state index in [1.54, 1.807) is 23.0 Å². The molecule has 1 aliphatic rings. The van der Waals surface area contributed by atoms with Gasteiger partial charge in [-0.2, -0.15) is 5.10 Å². The maximum atomic E-state index is 11.3. The van der Waals surface area contributed by atoms with Crippen LogP contribution in [0.15, 0.2) is 31.0 Å². The average molecular weight is 287 g/mol. The molecule has 3 rings (SSSR count). The summed E-state index contributed by atoms with van der Waals surface area (Å²) in [6, 6.07) is 3.53. The van der Waals surface area contributed by atoms with Crippen molar-refractivity contribution >= 4 is 16.6 Å². The van der Waals surface area contributed by atoms with Crippen LogP contribution in [0.4, 0.5) is 5.69 Å². The van der Waals surface area contributed by atoms with Crippen LogP contribution in [-0.4, -0.2) is 21.3 Å². The maximum absolute atomic E-state index is 11.3. The van der Waals surface area contributed by atoms with Crippen LogP contribution in [0.5, 0.6) is 0 Å². The van der Waals surface area contributed by atoms with Crippen LogP contribution in [0.2, 0.25) is 0 Å². The Kier molecular flexibility index (Phi) is 3.70. The van der Waals surface area contributed by atoms with Gasteiger partial charge in [-0.05, 0) is 37.3 Å². The number of benzene rings is 1. The highest BCUT2D eigenvalue weighted by Gasteiger charge is 2.22. The first kappa shape index (κ1) is 13.8. The van der Waals surface area contributed by atoms with E-state index in [2.05, 4.69) is 11.7 Å². The molecule has 1 atom stereocenters. The standard InChI is InChI=1S/C15H17N3O3/c1-2-5-11-8-13-12(14(9-11)18(19)20)10-16-17(13)15-6-3-4-7-21-15/h2,8-10,15H,1,3-7H2. The van der Waals surface area contributed by atoms with Crippen molar-refractivity contribution < 1.29 is 9.66 Å². The average Bonchev–Trinajstić information content (AvgIpc) is 2.91. The number of allylic oxidation sites excluding steroid dienone is 1. The van der Waals surface area contributed by atoms with Gasteiger partial charge in [0.2, 0.25) is 0 Å². The molecule has 21 heavy (non-hydrogen) atoms. The molecule has 1 aromatic heterocycles. The van der Waals surface area contributed by atoms with Gasteiger partial charge in [0, 0.05) is 12.7 Å². The van der Waals surface area contributed by atoms with E-state index in [0.717, 1.165) is 30.3 Å². The van der Waals surface area contributed by atoms with E-state index in [-0.39, 0.29) is 16.8 Å². The minimum Gasteiger partial charge on any atom is -0.356 e.